The van der Waals surface area contributed by atoms with E-state index in [9.17, 15) is 9.59 Å². The molecule has 0 saturated carbocycles. The van der Waals surface area contributed by atoms with Crippen molar-refractivity contribution in [1.29, 1.82) is 0 Å². The predicted octanol–water partition coefficient (Wildman–Crippen LogP) is 4.75. The molecular formula is C26H22ClN3O2. The lowest BCUT2D eigenvalue weighted by atomic mass is 9.86. The van der Waals surface area contributed by atoms with Gasteiger partial charge < -0.3 is 4.90 Å². The third kappa shape index (κ3) is 3.26. The van der Waals surface area contributed by atoms with Gasteiger partial charge in [-0.05, 0) is 30.2 Å². The molecule has 0 bridgehead atoms. The zero-order chi connectivity index (χ0) is 22.2. The molecule has 4 aromatic rings. The van der Waals surface area contributed by atoms with Crippen LogP contribution in [0.1, 0.15) is 34.5 Å². The normalized spacial score (nSPS) is 18.9. The molecule has 1 aliphatic heterocycles. The Labute approximate surface area is 190 Å². The van der Waals surface area contributed by atoms with Gasteiger partial charge in [-0.2, -0.15) is 0 Å². The molecule has 3 atom stereocenters. The average molecular weight is 444 g/mol. The Bertz CT molecular complexity index is 1300. The van der Waals surface area contributed by atoms with Gasteiger partial charge in [0.1, 0.15) is 5.38 Å². The maximum absolute atomic E-state index is 13.6. The summed E-state index contributed by atoms with van der Waals surface area (Å²) in [5.74, 6) is -0.180. The lowest BCUT2D eigenvalue weighted by molar-refractivity contribution is -0.148. The number of nitrogens with one attached hydrogen (secondary N) is 1. The zero-order valence-corrected chi connectivity index (χ0v) is 18.2. The van der Waals surface area contributed by atoms with Crippen molar-refractivity contribution in [1.82, 2.24) is 14.7 Å². The van der Waals surface area contributed by atoms with Crippen LogP contribution < -0.4 is 5.56 Å². The van der Waals surface area contributed by atoms with Crippen LogP contribution in [0.15, 0.2) is 95.8 Å². The molecule has 3 aromatic carbocycles. The minimum Gasteiger partial charge on any atom is -0.321 e. The highest BCUT2D eigenvalue weighted by molar-refractivity contribution is 6.33. The van der Waals surface area contributed by atoms with E-state index < -0.39 is 11.4 Å². The van der Waals surface area contributed by atoms with Crippen molar-refractivity contribution >= 4 is 17.5 Å². The highest BCUT2D eigenvalue weighted by Crippen LogP contribution is 2.46. The monoisotopic (exact) mass is 443 g/mol. The molecule has 1 amide bonds. The van der Waals surface area contributed by atoms with Crippen molar-refractivity contribution in [2.45, 2.75) is 24.4 Å². The van der Waals surface area contributed by atoms with E-state index in [1.165, 1.54) is 4.68 Å². The summed E-state index contributed by atoms with van der Waals surface area (Å²) < 4.78 is 1.53. The number of benzene rings is 3. The number of aryl methyl sites for hydroxylation is 1. The van der Waals surface area contributed by atoms with Crippen molar-refractivity contribution in [3.05, 3.63) is 124 Å². The number of halogens is 1. The van der Waals surface area contributed by atoms with Gasteiger partial charge in [-0.25, -0.2) is 4.68 Å². The molecule has 2 heterocycles. The number of likely N-dealkylation sites (tertiary alicyclic amines) is 1. The van der Waals surface area contributed by atoms with Gasteiger partial charge in [0.15, 0.2) is 0 Å². The van der Waals surface area contributed by atoms with E-state index in [1.807, 2.05) is 97.9 Å². The quantitative estimate of drug-likeness (QED) is 0.357. The lowest BCUT2D eigenvalue weighted by Crippen LogP contribution is -2.58. The summed E-state index contributed by atoms with van der Waals surface area (Å²) in [4.78, 5) is 28.5. The minimum atomic E-state index is -0.667. The van der Waals surface area contributed by atoms with Gasteiger partial charge in [-0.3, -0.25) is 14.7 Å². The Morgan fingerprint density at radius 1 is 0.844 bits per heavy atom. The van der Waals surface area contributed by atoms with Crippen molar-refractivity contribution in [2.75, 3.05) is 0 Å². The Hall–Kier alpha value is -3.57. The van der Waals surface area contributed by atoms with Crippen molar-refractivity contribution < 1.29 is 4.79 Å². The zero-order valence-electron chi connectivity index (χ0n) is 17.5. The number of aromatic nitrogens is 2. The standard InChI is InChI=1S/C26H22ClN3O2/c1-17-21(25(31)30(28-17)20-15-9-4-10-16-20)23(18-11-5-2-6-12-18)29-24(22(27)26(29)32)19-13-7-3-8-14-19/h2-16,22-24,28H,1H3. The molecule has 1 N–H and O–H groups in total. The Morgan fingerprint density at radius 3 is 2.03 bits per heavy atom. The summed E-state index contributed by atoms with van der Waals surface area (Å²) in [7, 11) is 0. The number of hydrogen-bond acceptors (Lipinski definition) is 2. The largest absolute Gasteiger partial charge is 0.321 e. The molecular weight excluding hydrogens is 422 g/mol. The Balaban J connectivity index is 1.68. The molecule has 1 aliphatic rings. The highest BCUT2D eigenvalue weighted by Gasteiger charge is 2.51. The third-order valence-corrected chi connectivity index (χ3v) is 6.43. The van der Waals surface area contributed by atoms with Crippen LogP contribution in [-0.2, 0) is 4.79 Å². The first-order chi connectivity index (χ1) is 15.6. The number of rotatable bonds is 5. The maximum atomic E-state index is 13.6. The molecule has 32 heavy (non-hydrogen) atoms. The van der Waals surface area contributed by atoms with E-state index in [1.54, 1.807) is 4.90 Å². The predicted molar refractivity (Wildman–Crippen MR) is 125 cm³/mol. The van der Waals surface area contributed by atoms with E-state index in [0.717, 1.165) is 16.8 Å². The van der Waals surface area contributed by atoms with Gasteiger partial charge in [0.2, 0.25) is 5.91 Å². The van der Waals surface area contributed by atoms with E-state index in [0.29, 0.717) is 11.3 Å². The fourth-order valence-electron chi connectivity index (χ4n) is 4.48. The number of para-hydroxylation sites is 1. The number of amides is 1. The second-order valence-corrected chi connectivity index (χ2v) is 8.41. The smallest absolute Gasteiger partial charge is 0.277 e. The SMILES string of the molecule is Cc1[nH]n(-c2ccccc2)c(=O)c1C(c1ccccc1)N1C(=O)C(Cl)C1c1ccccc1. The Morgan fingerprint density at radius 2 is 1.41 bits per heavy atom. The molecule has 1 aromatic heterocycles. The van der Waals surface area contributed by atoms with Crippen LogP contribution in [0, 0.1) is 6.92 Å². The van der Waals surface area contributed by atoms with E-state index in [-0.39, 0.29) is 17.5 Å². The van der Waals surface area contributed by atoms with Crippen LogP contribution >= 0.6 is 11.6 Å². The second kappa shape index (κ2) is 8.17. The van der Waals surface area contributed by atoms with Gasteiger partial charge in [0.25, 0.3) is 5.56 Å². The van der Waals surface area contributed by atoms with Gasteiger partial charge in [0, 0.05) is 5.69 Å². The van der Waals surface area contributed by atoms with Crippen LogP contribution in [0.5, 0.6) is 0 Å². The first-order valence-corrected chi connectivity index (χ1v) is 10.9. The molecule has 6 heteroatoms. The number of aromatic amines is 1. The van der Waals surface area contributed by atoms with E-state index in [2.05, 4.69) is 5.10 Å². The molecule has 3 unspecified atom stereocenters. The topological polar surface area (TPSA) is 58.1 Å². The number of carbonyl (C=O) groups excluding carboxylic acids is 1. The molecule has 0 aliphatic carbocycles. The third-order valence-electron chi connectivity index (χ3n) is 6.01. The molecule has 1 fully saturated rings. The van der Waals surface area contributed by atoms with Crippen LogP contribution in [0.3, 0.4) is 0 Å². The molecule has 1 saturated heterocycles. The number of nitrogens with zero attached hydrogens (tertiary/aromatic N) is 2. The number of H-pyrrole nitrogens is 1. The minimum absolute atomic E-state index is 0.180. The van der Waals surface area contributed by atoms with Crippen molar-refractivity contribution in [3.8, 4) is 5.69 Å². The molecule has 0 spiro atoms. The van der Waals surface area contributed by atoms with Crippen LogP contribution in [0.25, 0.3) is 5.69 Å². The number of β-lactam (4-membered cyclic amide) rings is 1. The Kier molecular flexibility index (Phi) is 5.19. The van der Waals surface area contributed by atoms with Gasteiger partial charge in [-0.1, -0.05) is 78.9 Å². The van der Waals surface area contributed by atoms with Crippen molar-refractivity contribution in [3.63, 3.8) is 0 Å². The summed E-state index contributed by atoms with van der Waals surface area (Å²) in [5, 5.41) is 2.53. The first kappa shape index (κ1) is 20.3. The number of hydrogen-bond donors (Lipinski definition) is 1. The molecule has 0 radical (unpaired) electrons. The fraction of sp³-hybridized carbons (Fsp3) is 0.154. The van der Waals surface area contributed by atoms with Crippen LogP contribution in [0.4, 0.5) is 0 Å². The van der Waals surface area contributed by atoms with Gasteiger partial charge in [-0.15, -0.1) is 11.6 Å². The summed E-state index contributed by atoms with van der Waals surface area (Å²) in [5.41, 5.74) is 3.63. The summed E-state index contributed by atoms with van der Waals surface area (Å²) >= 11 is 6.51. The maximum Gasteiger partial charge on any atom is 0.277 e. The average Bonchev–Trinajstić information content (AvgIpc) is 3.14. The van der Waals surface area contributed by atoms with Gasteiger partial charge in [0.05, 0.1) is 23.3 Å². The van der Waals surface area contributed by atoms with Crippen LogP contribution in [0.2, 0.25) is 0 Å². The van der Waals surface area contributed by atoms with Gasteiger partial charge >= 0.3 is 0 Å². The molecule has 5 rings (SSSR count). The molecule has 5 nitrogen and oxygen atoms in total. The second-order valence-electron chi connectivity index (χ2n) is 7.94. The number of alkyl halides is 1. The van der Waals surface area contributed by atoms with Crippen molar-refractivity contribution in [2.24, 2.45) is 0 Å². The summed E-state index contributed by atoms with van der Waals surface area (Å²) in [6, 6.07) is 27.9. The number of carbonyl (C=O) groups is 1. The highest BCUT2D eigenvalue weighted by atomic mass is 35.5. The van der Waals surface area contributed by atoms with Crippen LogP contribution in [-0.4, -0.2) is 26.0 Å². The van der Waals surface area contributed by atoms with E-state index in [4.69, 9.17) is 11.6 Å². The summed E-state index contributed by atoms with van der Waals surface area (Å²) in [6.45, 7) is 1.87. The lowest BCUT2D eigenvalue weighted by Gasteiger charge is -2.49. The van der Waals surface area contributed by atoms with E-state index >= 15 is 0 Å². The summed E-state index contributed by atoms with van der Waals surface area (Å²) in [6.07, 6.45) is 0. The molecule has 160 valence electrons. The fourth-order valence-corrected chi connectivity index (χ4v) is 4.86. The first-order valence-electron chi connectivity index (χ1n) is 10.5.